The highest BCUT2D eigenvalue weighted by Gasteiger charge is 2.30. The van der Waals surface area contributed by atoms with Gasteiger partial charge in [-0.25, -0.2) is 4.79 Å². The molecule has 0 aliphatic carbocycles. The van der Waals surface area contributed by atoms with Crippen molar-refractivity contribution in [1.29, 1.82) is 0 Å². The molecule has 0 saturated carbocycles. The normalized spacial score (nSPS) is 24.2. The number of hydrogen-bond acceptors (Lipinski definition) is 3. The molecule has 1 aliphatic heterocycles. The Labute approximate surface area is 114 Å². The zero-order valence-electron chi connectivity index (χ0n) is 11.9. The predicted molar refractivity (Wildman–Crippen MR) is 75.1 cm³/mol. The van der Waals surface area contributed by atoms with Crippen LogP contribution in [-0.2, 0) is 0 Å². The van der Waals surface area contributed by atoms with Crippen LogP contribution in [0, 0.1) is 5.92 Å². The maximum atomic E-state index is 12.2. The Hall–Kier alpha value is -1.56. The van der Waals surface area contributed by atoms with E-state index in [1.54, 1.807) is 12.4 Å². The average Bonchev–Trinajstić information content (AvgIpc) is 2.90. The van der Waals surface area contributed by atoms with Crippen LogP contribution in [0.15, 0.2) is 12.4 Å². The first kappa shape index (κ1) is 13.9. The summed E-state index contributed by atoms with van der Waals surface area (Å²) < 4.78 is 0. The predicted octanol–water partition coefficient (Wildman–Crippen LogP) is 1.60. The summed E-state index contributed by atoms with van der Waals surface area (Å²) in [6.45, 7) is 7.61. The van der Waals surface area contributed by atoms with Crippen molar-refractivity contribution in [2.45, 2.75) is 26.3 Å². The Morgan fingerprint density at radius 3 is 3.05 bits per heavy atom. The third-order valence-corrected chi connectivity index (χ3v) is 3.96. The van der Waals surface area contributed by atoms with E-state index < -0.39 is 0 Å². The lowest BCUT2D eigenvalue weighted by molar-refractivity contribution is 0.101. The molecule has 0 radical (unpaired) electrons. The average molecular weight is 265 g/mol. The summed E-state index contributed by atoms with van der Waals surface area (Å²) in [5, 5.41) is 9.35. The first-order chi connectivity index (χ1) is 9.11. The van der Waals surface area contributed by atoms with E-state index in [9.17, 15) is 4.79 Å². The van der Waals surface area contributed by atoms with Gasteiger partial charge in [-0.3, -0.25) is 5.10 Å². The van der Waals surface area contributed by atoms with Crippen molar-refractivity contribution in [2.24, 2.45) is 5.92 Å². The number of carbonyl (C=O) groups excluding carboxylic acids is 1. The standard InChI is InChI=1S/C13H23N5O/c1-4-18-6-5-12(10(2)9-18)17(3)13(19)16-11-7-14-15-8-11/h7-8,10,12H,4-6,9H2,1-3H3,(H,14,15)(H,16,19). The van der Waals surface area contributed by atoms with Crippen LogP contribution in [0.5, 0.6) is 0 Å². The molecule has 2 unspecified atom stereocenters. The quantitative estimate of drug-likeness (QED) is 0.872. The fraction of sp³-hybridized carbons (Fsp3) is 0.692. The monoisotopic (exact) mass is 265 g/mol. The molecule has 2 amide bonds. The van der Waals surface area contributed by atoms with Gasteiger partial charge in [0.05, 0.1) is 11.9 Å². The maximum absolute atomic E-state index is 12.2. The van der Waals surface area contributed by atoms with Crippen LogP contribution in [0.4, 0.5) is 10.5 Å². The molecule has 2 N–H and O–H groups in total. The summed E-state index contributed by atoms with van der Waals surface area (Å²) in [6, 6.07) is 0.234. The minimum atomic E-state index is -0.0665. The van der Waals surface area contributed by atoms with Gasteiger partial charge in [-0.05, 0) is 18.9 Å². The van der Waals surface area contributed by atoms with E-state index in [2.05, 4.69) is 34.3 Å². The third-order valence-electron chi connectivity index (χ3n) is 3.96. The van der Waals surface area contributed by atoms with Gasteiger partial charge in [0, 0.05) is 32.4 Å². The Bertz CT molecular complexity index is 405. The molecule has 19 heavy (non-hydrogen) atoms. The largest absolute Gasteiger partial charge is 0.324 e. The van der Waals surface area contributed by atoms with Crippen molar-refractivity contribution in [3.63, 3.8) is 0 Å². The van der Waals surface area contributed by atoms with Crippen LogP contribution in [0.25, 0.3) is 0 Å². The van der Waals surface area contributed by atoms with Crippen molar-refractivity contribution in [3.05, 3.63) is 12.4 Å². The van der Waals surface area contributed by atoms with E-state index in [0.29, 0.717) is 17.6 Å². The van der Waals surface area contributed by atoms with E-state index in [1.807, 2.05) is 11.9 Å². The maximum Gasteiger partial charge on any atom is 0.321 e. The van der Waals surface area contributed by atoms with Crippen LogP contribution >= 0.6 is 0 Å². The lowest BCUT2D eigenvalue weighted by Crippen LogP contribution is -2.51. The van der Waals surface area contributed by atoms with Gasteiger partial charge in [-0.15, -0.1) is 0 Å². The zero-order chi connectivity index (χ0) is 13.8. The number of nitrogens with zero attached hydrogens (tertiary/aromatic N) is 3. The second-order valence-electron chi connectivity index (χ2n) is 5.25. The number of likely N-dealkylation sites (tertiary alicyclic amines) is 1. The van der Waals surface area contributed by atoms with E-state index in [4.69, 9.17) is 0 Å². The molecule has 1 aromatic rings. The number of rotatable bonds is 3. The Morgan fingerprint density at radius 1 is 1.68 bits per heavy atom. The number of nitrogens with one attached hydrogen (secondary N) is 2. The van der Waals surface area contributed by atoms with Crippen molar-refractivity contribution < 1.29 is 4.79 Å². The number of carbonyl (C=O) groups is 1. The molecule has 1 aromatic heterocycles. The highest BCUT2D eigenvalue weighted by molar-refractivity contribution is 5.89. The second-order valence-corrected chi connectivity index (χ2v) is 5.25. The summed E-state index contributed by atoms with van der Waals surface area (Å²) in [5.41, 5.74) is 0.704. The summed E-state index contributed by atoms with van der Waals surface area (Å²) in [7, 11) is 1.87. The topological polar surface area (TPSA) is 64.3 Å². The summed E-state index contributed by atoms with van der Waals surface area (Å²) in [6.07, 6.45) is 4.31. The van der Waals surface area contributed by atoms with Crippen LogP contribution in [0.2, 0.25) is 0 Å². The van der Waals surface area contributed by atoms with E-state index in [-0.39, 0.29) is 6.03 Å². The van der Waals surface area contributed by atoms with Crippen molar-refractivity contribution in [1.82, 2.24) is 20.0 Å². The Kier molecular flexibility index (Phi) is 4.42. The summed E-state index contributed by atoms with van der Waals surface area (Å²) >= 11 is 0. The minimum absolute atomic E-state index is 0.0665. The van der Waals surface area contributed by atoms with E-state index in [1.165, 1.54) is 0 Å². The lowest BCUT2D eigenvalue weighted by atomic mass is 9.93. The number of aromatic amines is 1. The number of aromatic nitrogens is 2. The van der Waals surface area contributed by atoms with E-state index in [0.717, 1.165) is 26.1 Å². The molecule has 6 heteroatoms. The Balaban J connectivity index is 1.92. The Morgan fingerprint density at radius 2 is 2.47 bits per heavy atom. The number of H-pyrrole nitrogens is 1. The molecule has 2 atom stereocenters. The van der Waals surface area contributed by atoms with Crippen molar-refractivity contribution in [3.8, 4) is 0 Å². The molecule has 106 valence electrons. The summed E-state index contributed by atoms with van der Waals surface area (Å²) in [5.74, 6) is 0.494. The number of anilines is 1. The molecule has 0 aromatic carbocycles. The zero-order valence-corrected chi connectivity index (χ0v) is 11.9. The number of hydrogen-bond donors (Lipinski definition) is 2. The number of urea groups is 1. The van der Waals surface area contributed by atoms with Gasteiger partial charge in [-0.1, -0.05) is 13.8 Å². The fourth-order valence-electron chi connectivity index (χ4n) is 2.76. The van der Waals surface area contributed by atoms with Crippen molar-refractivity contribution in [2.75, 3.05) is 32.0 Å². The van der Waals surface area contributed by atoms with E-state index >= 15 is 0 Å². The van der Waals surface area contributed by atoms with Crippen LogP contribution in [0.3, 0.4) is 0 Å². The minimum Gasteiger partial charge on any atom is -0.324 e. The van der Waals surface area contributed by atoms with Crippen LogP contribution < -0.4 is 5.32 Å². The van der Waals surface area contributed by atoms with Gasteiger partial charge in [0.25, 0.3) is 0 Å². The first-order valence-corrected chi connectivity index (χ1v) is 6.86. The van der Waals surface area contributed by atoms with Gasteiger partial charge in [0.15, 0.2) is 0 Å². The first-order valence-electron chi connectivity index (χ1n) is 6.86. The molecule has 2 rings (SSSR count). The molecule has 1 fully saturated rings. The smallest absolute Gasteiger partial charge is 0.321 e. The molecule has 0 spiro atoms. The van der Waals surface area contributed by atoms with Gasteiger partial charge < -0.3 is 15.1 Å². The van der Waals surface area contributed by atoms with Gasteiger partial charge >= 0.3 is 6.03 Å². The molecular weight excluding hydrogens is 242 g/mol. The third kappa shape index (κ3) is 3.26. The van der Waals surface area contributed by atoms with Crippen LogP contribution in [0.1, 0.15) is 20.3 Å². The van der Waals surface area contributed by atoms with Gasteiger partial charge in [-0.2, -0.15) is 5.10 Å². The van der Waals surface area contributed by atoms with Gasteiger partial charge in [0.2, 0.25) is 0 Å². The lowest BCUT2D eigenvalue weighted by Gasteiger charge is -2.40. The number of amides is 2. The fourth-order valence-corrected chi connectivity index (χ4v) is 2.76. The molecule has 1 saturated heterocycles. The van der Waals surface area contributed by atoms with Crippen LogP contribution in [-0.4, -0.2) is 58.8 Å². The summed E-state index contributed by atoms with van der Waals surface area (Å²) in [4.78, 5) is 16.4. The molecule has 1 aliphatic rings. The highest BCUT2D eigenvalue weighted by Crippen LogP contribution is 2.21. The van der Waals surface area contributed by atoms with Crippen molar-refractivity contribution >= 4 is 11.7 Å². The number of piperidine rings is 1. The highest BCUT2D eigenvalue weighted by atomic mass is 16.2. The SMILES string of the molecule is CCN1CCC(N(C)C(=O)Nc2cn[nH]c2)C(C)C1. The molecule has 0 bridgehead atoms. The second kappa shape index (κ2) is 6.06. The van der Waals surface area contributed by atoms with Gasteiger partial charge in [0.1, 0.15) is 0 Å². The molecule has 2 heterocycles. The molecule has 6 nitrogen and oxygen atoms in total. The molecular formula is C13H23N5O.